The standard InChI is InChI=1S/C12H17N3O2/c1-15(2)10-7-6-9(12(14-10)17-3)13-11(16)8-4-5-8/h6-8H,4-5H2,1-3H3,(H,13,16). The van der Waals surface area contributed by atoms with Crippen LogP contribution in [0.5, 0.6) is 5.88 Å². The molecule has 5 nitrogen and oxygen atoms in total. The number of ether oxygens (including phenoxy) is 1. The summed E-state index contributed by atoms with van der Waals surface area (Å²) in [5, 5.41) is 2.84. The van der Waals surface area contributed by atoms with Crippen molar-refractivity contribution < 1.29 is 9.53 Å². The van der Waals surface area contributed by atoms with Crippen molar-refractivity contribution in [2.24, 2.45) is 5.92 Å². The Hall–Kier alpha value is -1.78. The average molecular weight is 235 g/mol. The predicted octanol–water partition coefficient (Wildman–Crippen LogP) is 1.50. The van der Waals surface area contributed by atoms with Gasteiger partial charge >= 0.3 is 0 Å². The Kier molecular flexibility index (Phi) is 3.17. The zero-order valence-electron chi connectivity index (χ0n) is 10.4. The van der Waals surface area contributed by atoms with Crippen LogP contribution in [0.15, 0.2) is 12.1 Å². The summed E-state index contributed by atoms with van der Waals surface area (Å²) in [6, 6.07) is 3.67. The number of methoxy groups -OCH3 is 1. The van der Waals surface area contributed by atoms with Crippen molar-refractivity contribution in [2.75, 3.05) is 31.4 Å². The lowest BCUT2D eigenvalue weighted by atomic mass is 10.3. The van der Waals surface area contributed by atoms with E-state index in [-0.39, 0.29) is 11.8 Å². The minimum absolute atomic E-state index is 0.0581. The fraction of sp³-hybridized carbons (Fsp3) is 0.500. The maximum atomic E-state index is 11.7. The molecule has 1 saturated carbocycles. The number of hydrogen-bond donors (Lipinski definition) is 1. The minimum Gasteiger partial charge on any atom is -0.479 e. The number of nitrogens with one attached hydrogen (secondary N) is 1. The van der Waals surface area contributed by atoms with Crippen LogP contribution in [0, 0.1) is 5.92 Å². The second-order valence-electron chi connectivity index (χ2n) is 4.38. The lowest BCUT2D eigenvalue weighted by Crippen LogP contribution is -2.16. The van der Waals surface area contributed by atoms with Gasteiger partial charge < -0.3 is 15.0 Å². The van der Waals surface area contributed by atoms with Gasteiger partial charge in [0.1, 0.15) is 11.5 Å². The molecule has 0 radical (unpaired) electrons. The fourth-order valence-corrected chi connectivity index (χ4v) is 1.51. The van der Waals surface area contributed by atoms with Crippen molar-refractivity contribution in [1.29, 1.82) is 0 Å². The highest BCUT2D eigenvalue weighted by molar-refractivity contribution is 5.95. The van der Waals surface area contributed by atoms with Crippen LogP contribution in [0.1, 0.15) is 12.8 Å². The first-order chi connectivity index (χ1) is 8.11. The first-order valence-corrected chi connectivity index (χ1v) is 5.65. The molecule has 17 heavy (non-hydrogen) atoms. The zero-order valence-corrected chi connectivity index (χ0v) is 10.4. The molecule has 0 saturated heterocycles. The van der Waals surface area contributed by atoms with Gasteiger partial charge in [-0.1, -0.05) is 0 Å². The van der Waals surface area contributed by atoms with Gasteiger partial charge in [-0.3, -0.25) is 4.79 Å². The third-order valence-electron chi connectivity index (χ3n) is 2.70. The summed E-state index contributed by atoms with van der Waals surface area (Å²) in [6.07, 6.45) is 1.97. The van der Waals surface area contributed by atoms with Crippen LogP contribution in [-0.2, 0) is 4.79 Å². The molecule has 1 aliphatic rings. The van der Waals surface area contributed by atoms with Crippen LogP contribution >= 0.6 is 0 Å². The van der Waals surface area contributed by atoms with Crippen molar-refractivity contribution in [3.63, 3.8) is 0 Å². The molecule has 1 N–H and O–H groups in total. The minimum atomic E-state index is 0.0581. The molecule has 1 heterocycles. The molecule has 0 atom stereocenters. The van der Waals surface area contributed by atoms with Crippen molar-refractivity contribution >= 4 is 17.4 Å². The summed E-state index contributed by atoms with van der Waals surface area (Å²) in [4.78, 5) is 17.9. The Morgan fingerprint density at radius 1 is 1.47 bits per heavy atom. The van der Waals surface area contributed by atoms with Gasteiger partial charge in [-0.15, -0.1) is 0 Å². The number of rotatable bonds is 4. The molecule has 0 bridgehead atoms. The molecule has 2 rings (SSSR count). The van der Waals surface area contributed by atoms with E-state index in [2.05, 4.69) is 10.3 Å². The van der Waals surface area contributed by atoms with Crippen molar-refractivity contribution in [2.45, 2.75) is 12.8 Å². The highest BCUT2D eigenvalue weighted by atomic mass is 16.5. The van der Waals surface area contributed by atoms with E-state index in [0.717, 1.165) is 18.7 Å². The van der Waals surface area contributed by atoms with Crippen molar-refractivity contribution in [3.8, 4) is 5.88 Å². The number of hydrogen-bond acceptors (Lipinski definition) is 4. The van der Waals surface area contributed by atoms with Gasteiger partial charge in [0, 0.05) is 20.0 Å². The molecule has 1 fully saturated rings. The molecule has 0 aliphatic heterocycles. The van der Waals surface area contributed by atoms with E-state index < -0.39 is 0 Å². The van der Waals surface area contributed by atoms with E-state index in [1.165, 1.54) is 0 Å². The quantitative estimate of drug-likeness (QED) is 0.859. The van der Waals surface area contributed by atoms with E-state index in [4.69, 9.17) is 4.74 Å². The number of carbonyl (C=O) groups excluding carboxylic acids is 1. The molecule has 0 unspecified atom stereocenters. The largest absolute Gasteiger partial charge is 0.479 e. The Labute approximate surface area is 101 Å². The maximum Gasteiger partial charge on any atom is 0.239 e. The average Bonchev–Trinajstić information content (AvgIpc) is 3.13. The lowest BCUT2D eigenvalue weighted by Gasteiger charge is -2.14. The second kappa shape index (κ2) is 4.61. The lowest BCUT2D eigenvalue weighted by molar-refractivity contribution is -0.117. The molecule has 0 spiro atoms. The predicted molar refractivity (Wildman–Crippen MR) is 66.5 cm³/mol. The number of amides is 1. The molecular formula is C12H17N3O2. The van der Waals surface area contributed by atoms with Crippen LogP contribution in [-0.4, -0.2) is 32.1 Å². The normalized spacial score (nSPS) is 14.3. The summed E-state index contributed by atoms with van der Waals surface area (Å²) in [5.74, 6) is 1.48. The van der Waals surface area contributed by atoms with Gasteiger partial charge in [0.25, 0.3) is 0 Å². The SMILES string of the molecule is COc1nc(N(C)C)ccc1NC(=O)C1CC1. The van der Waals surface area contributed by atoms with Gasteiger partial charge in [-0.05, 0) is 25.0 Å². The first kappa shape index (κ1) is 11.7. The van der Waals surface area contributed by atoms with Gasteiger partial charge in [-0.2, -0.15) is 4.98 Å². The number of pyridine rings is 1. The topological polar surface area (TPSA) is 54.5 Å². The zero-order chi connectivity index (χ0) is 12.4. The van der Waals surface area contributed by atoms with Crippen molar-refractivity contribution in [3.05, 3.63) is 12.1 Å². The summed E-state index contributed by atoms with van der Waals surface area (Å²) in [5.41, 5.74) is 0.634. The Morgan fingerprint density at radius 3 is 2.71 bits per heavy atom. The van der Waals surface area contributed by atoms with Crippen LogP contribution in [0.4, 0.5) is 11.5 Å². The van der Waals surface area contributed by atoms with E-state index in [9.17, 15) is 4.79 Å². The van der Waals surface area contributed by atoms with E-state index in [0.29, 0.717) is 11.6 Å². The summed E-state index contributed by atoms with van der Waals surface area (Å²) in [7, 11) is 5.36. The Morgan fingerprint density at radius 2 is 2.18 bits per heavy atom. The number of carbonyl (C=O) groups is 1. The highest BCUT2D eigenvalue weighted by Gasteiger charge is 2.30. The van der Waals surface area contributed by atoms with Crippen molar-refractivity contribution in [1.82, 2.24) is 4.98 Å². The van der Waals surface area contributed by atoms with E-state index in [1.54, 1.807) is 7.11 Å². The molecular weight excluding hydrogens is 218 g/mol. The van der Waals surface area contributed by atoms with Crippen LogP contribution in [0.25, 0.3) is 0 Å². The Bertz CT molecular complexity index is 428. The molecule has 5 heteroatoms. The Balaban J connectivity index is 2.18. The fourth-order valence-electron chi connectivity index (χ4n) is 1.51. The molecule has 1 aliphatic carbocycles. The molecule has 92 valence electrons. The monoisotopic (exact) mass is 235 g/mol. The third kappa shape index (κ3) is 2.67. The smallest absolute Gasteiger partial charge is 0.239 e. The maximum absolute atomic E-state index is 11.7. The van der Waals surface area contributed by atoms with Crippen LogP contribution in [0.2, 0.25) is 0 Å². The second-order valence-corrected chi connectivity index (χ2v) is 4.38. The van der Waals surface area contributed by atoms with E-state index >= 15 is 0 Å². The molecule has 1 aromatic rings. The summed E-state index contributed by atoms with van der Waals surface area (Å²) in [6.45, 7) is 0. The van der Waals surface area contributed by atoms with Gasteiger partial charge in [-0.25, -0.2) is 0 Å². The number of anilines is 2. The van der Waals surface area contributed by atoms with Crippen LogP contribution < -0.4 is 15.0 Å². The number of nitrogens with zero attached hydrogens (tertiary/aromatic N) is 2. The molecule has 1 aromatic heterocycles. The van der Waals surface area contributed by atoms with E-state index in [1.807, 2.05) is 31.1 Å². The van der Waals surface area contributed by atoms with Gasteiger partial charge in [0.2, 0.25) is 11.8 Å². The van der Waals surface area contributed by atoms with Crippen LogP contribution in [0.3, 0.4) is 0 Å². The third-order valence-corrected chi connectivity index (χ3v) is 2.70. The van der Waals surface area contributed by atoms with Gasteiger partial charge in [0.05, 0.1) is 7.11 Å². The number of aromatic nitrogens is 1. The highest BCUT2D eigenvalue weighted by Crippen LogP contribution is 2.32. The summed E-state index contributed by atoms with van der Waals surface area (Å²) >= 11 is 0. The molecule has 1 amide bonds. The van der Waals surface area contributed by atoms with Gasteiger partial charge in [0.15, 0.2) is 0 Å². The first-order valence-electron chi connectivity index (χ1n) is 5.65. The summed E-state index contributed by atoms with van der Waals surface area (Å²) < 4.78 is 5.18. The molecule has 0 aromatic carbocycles.